The summed E-state index contributed by atoms with van der Waals surface area (Å²) in [5.74, 6) is -4.21. The highest BCUT2D eigenvalue weighted by atomic mass is 16.7. The molecule has 0 aromatic heterocycles. The van der Waals surface area contributed by atoms with Crippen LogP contribution in [0.2, 0.25) is 0 Å². The quantitative estimate of drug-likeness (QED) is 0.119. The van der Waals surface area contributed by atoms with Crippen molar-refractivity contribution >= 4 is 29.8 Å². The molecule has 1 saturated heterocycles. The first-order valence-corrected chi connectivity index (χ1v) is 11.2. The molecule has 0 aromatic rings. The predicted molar refractivity (Wildman–Crippen MR) is 119 cm³/mol. The van der Waals surface area contributed by atoms with Gasteiger partial charge in [-0.2, -0.15) is 0 Å². The van der Waals surface area contributed by atoms with Crippen LogP contribution in [0.1, 0.15) is 53.9 Å². The predicted octanol–water partition coefficient (Wildman–Crippen LogP) is 0.417. The monoisotopic (exact) mass is 516 g/mol. The SMILES string of the molecule is CCCCC(NC(=O)CN=[N+]=[N-])[C@@]1(OC(C)=O)[C@H](OC(C)=O)[C@@H](OC(C)=O)[C@H](O)O[C@@H]1COC(C)=O. The van der Waals surface area contributed by atoms with Crippen LogP contribution in [0.15, 0.2) is 5.11 Å². The molecule has 1 aliphatic rings. The molecule has 15 nitrogen and oxygen atoms in total. The van der Waals surface area contributed by atoms with Crippen LogP contribution in [0.5, 0.6) is 0 Å². The third-order valence-electron chi connectivity index (χ3n) is 5.19. The molecule has 0 radical (unpaired) electrons. The number of hydrogen-bond acceptors (Lipinski definition) is 12. The minimum Gasteiger partial charge on any atom is -0.463 e. The van der Waals surface area contributed by atoms with E-state index >= 15 is 0 Å². The van der Waals surface area contributed by atoms with Crippen molar-refractivity contribution in [2.45, 2.75) is 90.1 Å². The van der Waals surface area contributed by atoms with E-state index in [1.165, 1.54) is 0 Å². The van der Waals surface area contributed by atoms with Gasteiger partial charge in [-0.25, -0.2) is 0 Å². The van der Waals surface area contributed by atoms with Crippen molar-refractivity contribution < 1.29 is 52.8 Å². The fourth-order valence-corrected chi connectivity index (χ4v) is 3.97. The molecule has 6 atom stereocenters. The molecule has 0 bridgehead atoms. The summed E-state index contributed by atoms with van der Waals surface area (Å²) in [5.41, 5.74) is 6.41. The second-order valence-electron chi connectivity index (χ2n) is 8.02. The van der Waals surface area contributed by atoms with E-state index < -0.39 is 79.2 Å². The molecule has 1 unspecified atom stereocenters. The van der Waals surface area contributed by atoms with E-state index in [1.54, 1.807) is 0 Å². The van der Waals surface area contributed by atoms with E-state index in [4.69, 9.17) is 29.2 Å². The average Bonchev–Trinajstić information content (AvgIpc) is 2.77. The van der Waals surface area contributed by atoms with E-state index in [-0.39, 0.29) is 6.42 Å². The molecule has 15 heteroatoms. The number of carbonyl (C=O) groups excluding carboxylic acids is 5. The fraction of sp³-hybridized carbons (Fsp3) is 0.762. The molecule has 1 aliphatic heterocycles. The van der Waals surface area contributed by atoms with Crippen molar-refractivity contribution in [3.8, 4) is 0 Å². The Morgan fingerprint density at radius 1 is 1.08 bits per heavy atom. The Hall–Kier alpha value is -3.42. The lowest BCUT2D eigenvalue weighted by Gasteiger charge is -2.53. The van der Waals surface area contributed by atoms with Gasteiger partial charge in [0, 0.05) is 32.6 Å². The summed E-state index contributed by atoms with van der Waals surface area (Å²) in [6.45, 7) is 4.85. The molecule has 202 valence electrons. The van der Waals surface area contributed by atoms with Gasteiger partial charge in [-0.15, -0.1) is 0 Å². The highest BCUT2D eigenvalue weighted by molar-refractivity contribution is 5.79. The third-order valence-corrected chi connectivity index (χ3v) is 5.19. The van der Waals surface area contributed by atoms with Crippen molar-refractivity contribution in [1.29, 1.82) is 0 Å². The van der Waals surface area contributed by atoms with E-state index in [0.29, 0.717) is 12.8 Å². The summed E-state index contributed by atoms with van der Waals surface area (Å²) in [7, 11) is 0. The maximum Gasteiger partial charge on any atom is 0.303 e. The van der Waals surface area contributed by atoms with Crippen molar-refractivity contribution in [3.05, 3.63) is 10.4 Å². The van der Waals surface area contributed by atoms with Crippen molar-refractivity contribution in [3.63, 3.8) is 0 Å². The molecule has 1 fully saturated rings. The third kappa shape index (κ3) is 8.36. The minimum atomic E-state index is -2.16. The molecule has 1 amide bonds. The van der Waals surface area contributed by atoms with Gasteiger partial charge in [0.15, 0.2) is 18.5 Å². The zero-order chi connectivity index (χ0) is 27.5. The van der Waals surface area contributed by atoms with Gasteiger partial charge >= 0.3 is 23.9 Å². The molecular weight excluding hydrogens is 484 g/mol. The number of nitrogens with zero attached hydrogens (tertiary/aromatic N) is 3. The van der Waals surface area contributed by atoms with Gasteiger partial charge in [0.2, 0.25) is 11.5 Å². The lowest BCUT2D eigenvalue weighted by Crippen LogP contribution is -2.76. The zero-order valence-electron chi connectivity index (χ0n) is 20.8. The molecule has 0 saturated carbocycles. The number of aliphatic hydroxyl groups excluding tert-OH is 1. The number of nitrogens with one attached hydrogen (secondary N) is 1. The standard InChI is InChI=1S/C21H32N4O11/c1-6-7-8-15(24-17(30)9-23-25-22)21(36-14(5)29)16(10-32-11(2)26)35-20(31)18(33-12(3)27)19(21)34-13(4)28/h15-16,18-20,31H,6-10H2,1-5H3,(H,24,30)/t15?,16-,18-,19-,20-,21+/m1/s1. The molecule has 2 N–H and O–H groups in total. The minimum absolute atomic E-state index is 0.104. The van der Waals surface area contributed by atoms with Crippen molar-refractivity contribution in [2.75, 3.05) is 13.2 Å². The van der Waals surface area contributed by atoms with E-state index in [9.17, 15) is 29.1 Å². The fourth-order valence-electron chi connectivity index (χ4n) is 3.97. The summed E-state index contributed by atoms with van der Waals surface area (Å²) < 4.78 is 27.0. The smallest absolute Gasteiger partial charge is 0.303 e. The van der Waals surface area contributed by atoms with Gasteiger partial charge in [0.25, 0.3) is 0 Å². The van der Waals surface area contributed by atoms with Crippen LogP contribution in [-0.4, -0.2) is 84.3 Å². The van der Waals surface area contributed by atoms with Crippen LogP contribution >= 0.6 is 0 Å². The van der Waals surface area contributed by atoms with Crippen LogP contribution < -0.4 is 5.32 Å². The van der Waals surface area contributed by atoms with Gasteiger partial charge in [-0.3, -0.25) is 24.0 Å². The van der Waals surface area contributed by atoms with E-state index in [1.807, 2.05) is 6.92 Å². The highest BCUT2D eigenvalue weighted by Gasteiger charge is 2.66. The van der Waals surface area contributed by atoms with Gasteiger partial charge in [0.05, 0.1) is 6.04 Å². The maximum absolute atomic E-state index is 12.6. The number of amides is 1. The Balaban J connectivity index is 3.86. The first-order chi connectivity index (χ1) is 16.9. The van der Waals surface area contributed by atoms with Gasteiger partial charge in [-0.1, -0.05) is 24.9 Å². The Bertz CT molecular complexity index is 876. The highest BCUT2D eigenvalue weighted by Crippen LogP contribution is 2.41. The Morgan fingerprint density at radius 2 is 1.72 bits per heavy atom. The molecule has 1 heterocycles. The molecule has 36 heavy (non-hydrogen) atoms. The average molecular weight is 517 g/mol. The number of carbonyl (C=O) groups is 5. The topological polar surface area (TPSA) is 213 Å². The lowest BCUT2D eigenvalue weighted by molar-refractivity contribution is -0.332. The van der Waals surface area contributed by atoms with Crippen LogP contribution in [0.25, 0.3) is 10.4 Å². The Kier molecular flexibility index (Phi) is 12.1. The second-order valence-corrected chi connectivity index (χ2v) is 8.02. The number of rotatable bonds is 12. The zero-order valence-corrected chi connectivity index (χ0v) is 20.8. The van der Waals surface area contributed by atoms with Crippen molar-refractivity contribution in [1.82, 2.24) is 5.32 Å². The van der Waals surface area contributed by atoms with Crippen LogP contribution in [0.4, 0.5) is 0 Å². The van der Waals surface area contributed by atoms with E-state index in [0.717, 1.165) is 27.7 Å². The number of aliphatic hydroxyl groups is 1. The van der Waals surface area contributed by atoms with Crippen LogP contribution in [0.3, 0.4) is 0 Å². The Morgan fingerprint density at radius 3 is 2.22 bits per heavy atom. The Labute approximate surface area is 207 Å². The first-order valence-electron chi connectivity index (χ1n) is 11.2. The normalized spacial score (nSPS) is 25.9. The van der Waals surface area contributed by atoms with Gasteiger partial charge in [0.1, 0.15) is 19.3 Å². The van der Waals surface area contributed by atoms with Crippen molar-refractivity contribution in [2.24, 2.45) is 5.11 Å². The number of unbranched alkanes of at least 4 members (excludes halogenated alkanes) is 1. The number of ether oxygens (including phenoxy) is 5. The molecule has 0 aliphatic carbocycles. The summed E-state index contributed by atoms with van der Waals surface area (Å²) >= 11 is 0. The summed E-state index contributed by atoms with van der Waals surface area (Å²) in [6, 6.07) is -1.21. The molecule has 0 spiro atoms. The summed E-state index contributed by atoms with van der Waals surface area (Å²) in [4.78, 5) is 63.1. The number of azide groups is 1. The van der Waals surface area contributed by atoms with E-state index in [2.05, 4.69) is 15.3 Å². The number of esters is 4. The molecular formula is C21H32N4O11. The summed E-state index contributed by atoms with van der Waals surface area (Å²) in [5, 5.41) is 16.5. The van der Waals surface area contributed by atoms with Gasteiger partial charge < -0.3 is 34.1 Å². The summed E-state index contributed by atoms with van der Waals surface area (Å²) in [6.07, 6.45) is -5.64. The van der Waals surface area contributed by atoms with Crippen LogP contribution in [0, 0.1) is 0 Å². The molecule has 1 rings (SSSR count). The second kappa shape index (κ2) is 14.2. The largest absolute Gasteiger partial charge is 0.463 e. The maximum atomic E-state index is 12.6. The molecule has 0 aromatic carbocycles. The first kappa shape index (κ1) is 30.6. The lowest BCUT2D eigenvalue weighted by atomic mass is 9.75. The van der Waals surface area contributed by atoms with Gasteiger partial charge in [-0.05, 0) is 12.0 Å². The van der Waals surface area contributed by atoms with Crippen LogP contribution in [-0.2, 0) is 47.7 Å². The number of hydrogen-bond donors (Lipinski definition) is 2.